The molecule has 0 aliphatic heterocycles. The van der Waals surface area contributed by atoms with Gasteiger partial charge < -0.3 is 11.1 Å². The molecule has 1 aromatic heterocycles. The van der Waals surface area contributed by atoms with E-state index in [0.29, 0.717) is 0 Å². The summed E-state index contributed by atoms with van der Waals surface area (Å²) in [5.74, 6) is -0.997. The molecule has 5 nitrogen and oxygen atoms in total. The number of nitrogens with zero attached hydrogens (tertiary/aromatic N) is 2. The number of benzene rings is 1. The van der Waals surface area contributed by atoms with Gasteiger partial charge in [-0.1, -0.05) is 23.2 Å². The molecule has 0 radical (unpaired) electrons. The summed E-state index contributed by atoms with van der Waals surface area (Å²) < 4.78 is 14.6. The van der Waals surface area contributed by atoms with Crippen LogP contribution in [0.2, 0.25) is 10.0 Å². The predicted octanol–water partition coefficient (Wildman–Crippen LogP) is 2.70. The molecule has 0 saturated heterocycles. The summed E-state index contributed by atoms with van der Waals surface area (Å²) in [6.45, 7) is 0. The first-order chi connectivity index (χ1) is 8.90. The van der Waals surface area contributed by atoms with Crippen molar-refractivity contribution in [2.75, 3.05) is 11.1 Å². The van der Waals surface area contributed by atoms with Gasteiger partial charge in [-0.2, -0.15) is 5.10 Å². The number of hydrogen-bond acceptors (Lipinski definition) is 3. The van der Waals surface area contributed by atoms with Crippen molar-refractivity contribution in [1.82, 2.24) is 9.78 Å². The van der Waals surface area contributed by atoms with Gasteiger partial charge in [-0.25, -0.2) is 4.39 Å². The van der Waals surface area contributed by atoms with Crippen molar-refractivity contribution in [2.45, 2.75) is 0 Å². The molecule has 0 bridgehead atoms. The Kier molecular flexibility index (Phi) is 3.64. The topological polar surface area (TPSA) is 72.9 Å². The lowest BCUT2D eigenvalue weighted by molar-refractivity contribution is 0.102. The maximum absolute atomic E-state index is 13.2. The van der Waals surface area contributed by atoms with E-state index in [1.807, 2.05) is 0 Å². The van der Waals surface area contributed by atoms with Crippen LogP contribution in [0.15, 0.2) is 18.3 Å². The van der Waals surface area contributed by atoms with Crippen LogP contribution in [-0.2, 0) is 7.05 Å². The van der Waals surface area contributed by atoms with Crippen LogP contribution in [0.5, 0.6) is 0 Å². The molecule has 8 heteroatoms. The minimum absolute atomic E-state index is 0.179. The Bertz CT molecular complexity index is 633. The van der Waals surface area contributed by atoms with Crippen LogP contribution in [0.4, 0.5) is 15.9 Å². The molecule has 0 atom stereocenters. The highest BCUT2D eigenvalue weighted by Gasteiger charge is 2.15. The predicted molar refractivity (Wildman–Crippen MR) is 72.0 cm³/mol. The number of nitrogens with two attached hydrogens (primary N) is 1. The standard InChI is InChI=1S/C11H9Cl2FN4O/c1-18-10(15)6(4-16-18)11(19)17-5-2-7(12)9(14)8(13)3-5/h2-4H,15H2,1H3,(H,17,19). The highest BCUT2D eigenvalue weighted by Crippen LogP contribution is 2.27. The van der Waals surface area contributed by atoms with Crippen LogP contribution in [0, 0.1) is 5.82 Å². The van der Waals surface area contributed by atoms with Gasteiger partial charge in [0.05, 0.1) is 16.2 Å². The van der Waals surface area contributed by atoms with Gasteiger partial charge in [0, 0.05) is 12.7 Å². The van der Waals surface area contributed by atoms with Gasteiger partial charge in [0.25, 0.3) is 5.91 Å². The smallest absolute Gasteiger partial charge is 0.261 e. The number of nitrogens with one attached hydrogen (secondary N) is 1. The van der Waals surface area contributed by atoms with E-state index in [9.17, 15) is 9.18 Å². The van der Waals surface area contributed by atoms with E-state index in [-0.39, 0.29) is 27.1 Å². The van der Waals surface area contributed by atoms with Crippen molar-refractivity contribution in [2.24, 2.45) is 7.05 Å². The van der Waals surface area contributed by atoms with Gasteiger partial charge in [0.2, 0.25) is 0 Å². The first-order valence-electron chi connectivity index (χ1n) is 5.13. The highest BCUT2D eigenvalue weighted by atomic mass is 35.5. The lowest BCUT2D eigenvalue weighted by atomic mass is 10.2. The van der Waals surface area contributed by atoms with Crippen LogP contribution in [0.3, 0.4) is 0 Å². The van der Waals surface area contributed by atoms with E-state index in [2.05, 4.69) is 10.4 Å². The molecular formula is C11H9Cl2FN4O. The van der Waals surface area contributed by atoms with Crippen molar-refractivity contribution >= 4 is 40.6 Å². The molecule has 1 heterocycles. The number of anilines is 2. The Hall–Kier alpha value is -1.79. The van der Waals surface area contributed by atoms with Gasteiger partial charge in [-0.15, -0.1) is 0 Å². The molecule has 1 amide bonds. The number of halogens is 3. The number of hydrogen-bond donors (Lipinski definition) is 2. The number of aryl methyl sites for hydroxylation is 1. The van der Waals surface area contributed by atoms with E-state index in [0.717, 1.165) is 0 Å². The van der Waals surface area contributed by atoms with Crippen molar-refractivity contribution in [3.05, 3.63) is 39.8 Å². The fourth-order valence-electron chi connectivity index (χ4n) is 1.45. The summed E-state index contributed by atoms with van der Waals surface area (Å²) in [6.07, 6.45) is 1.33. The number of carbonyl (C=O) groups is 1. The molecular weight excluding hydrogens is 294 g/mol. The molecule has 2 rings (SSSR count). The minimum atomic E-state index is -0.734. The maximum atomic E-state index is 13.2. The SMILES string of the molecule is Cn1ncc(C(=O)Nc2cc(Cl)c(F)c(Cl)c2)c1N. The maximum Gasteiger partial charge on any atom is 0.261 e. The Morgan fingerprint density at radius 2 is 2.00 bits per heavy atom. The second-order valence-electron chi connectivity index (χ2n) is 3.78. The van der Waals surface area contributed by atoms with Crippen LogP contribution in [-0.4, -0.2) is 15.7 Å². The van der Waals surface area contributed by atoms with E-state index in [1.54, 1.807) is 7.05 Å². The van der Waals surface area contributed by atoms with Gasteiger partial charge in [0.15, 0.2) is 5.82 Å². The van der Waals surface area contributed by atoms with Crippen molar-refractivity contribution in [3.63, 3.8) is 0 Å². The average Bonchev–Trinajstić information content (AvgIpc) is 2.67. The summed E-state index contributed by atoms with van der Waals surface area (Å²) in [6, 6.07) is 2.51. The zero-order chi connectivity index (χ0) is 14.2. The minimum Gasteiger partial charge on any atom is -0.383 e. The Balaban J connectivity index is 2.27. The van der Waals surface area contributed by atoms with E-state index >= 15 is 0 Å². The molecule has 3 N–H and O–H groups in total. The Morgan fingerprint density at radius 1 is 1.42 bits per heavy atom. The third kappa shape index (κ3) is 2.64. The molecule has 1 aromatic carbocycles. The largest absolute Gasteiger partial charge is 0.383 e. The lowest BCUT2D eigenvalue weighted by Crippen LogP contribution is -2.14. The zero-order valence-corrected chi connectivity index (χ0v) is 11.3. The molecule has 2 aromatic rings. The third-order valence-electron chi connectivity index (χ3n) is 2.47. The van der Waals surface area contributed by atoms with Gasteiger partial charge in [-0.05, 0) is 12.1 Å². The second kappa shape index (κ2) is 5.07. The Morgan fingerprint density at radius 3 is 2.47 bits per heavy atom. The number of rotatable bonds is 2. The quantitative estimate of drug-likeness (QED) is 0.838. The molecule has 100 valence electrons. The van der Waals surface area contributed by atoms with Gasteiger partial charge in [-0.3, -0.25) is 9.48 Å². The molecule has 0 aliphatic carbocycles. The Labute approximate surface area is 118 Å². The van der Waals surface area contributed by atoms with Gasteiger partial charge >= 0.3 is 0 Å². The normalized spacial score (nSPS) is 10.5. The fourth-order valence-corrected chi connectivity index (χ4v) is 1.94. The van der Waals surface area contributed by atoms with Crippen molar-refractivity contribution in [3.8, 4) is 0 Å². The molecule has 0 spiro atoms. The first kappa shape index (κ1) is 13.6. The number of amides is 1. The first-order valence-corrected chi connectivity index (χ1v) is 5.89. The molecule has 0 unspecified atom stereocenters. The molecule has 19 heavy (non-hydrogen) atoms. The van der Waals surface area contributed by atoms with E-state index in [4.69, 9.17) is 28.9 Å². The molecule has 0 saturated carbocycles. The summed E-state index contributed by atoms with van der Waals surface area (Å²) in [5.41, 5.74) is 6.14. The zero-order valence-electron chi connectivity index (χ0n) is 9.75. The van der Waals surface area contributed by atoms with Crippen molar-refractivity contribution < 1.29 is 9.18 Å². The fraction of sp³-hybridized carbons (Fsp3) is 0.0909. The molecule has 0 fully saturated rings. The van der Waals surface area contributed by atoms with E-state index in [1.165, 1.54) is 23.0 Å². The number of carbonyl (C=O) groups excluding carboxylic acids is 1. The average molecular weight is 303 g/mol. The summed E-state index contributed by atoms with van der Waals surface area (Å²) in [7, 11) is 1.61. The van der Waals surface area contributed by atoms with Crippen LogP contribution in [0.25, 0.3) is 0 Å². The highest BCUT2D eigenvalue weighted by molar-refractivity contribution is 6.35. The molecule has 0 aliphatic rings. The number of nitrogen functional groups attached to an aromatic ring is 1. The van der Waals surface area contributed by atoms with Crippen LogP contribution in [0.1, 0.15) is 10.4 Å². The summed E-state index contributed by atoms with van der Waals surface area (Å²) >= 11 is 11.3. The summed E-state index contributed by atoms with van der Waals surface area (Å²) in [4.78, 5) is 11.9. The van der Waals surface area contributed by atoms with Crippen molar-refractivity contribution in [1.29, 1.82) is 0 Å². The monoisotopic (exact) mass is 302 g/mol. The van der Waals surface area contributed by atoms with E-state index < -0.39 is 11.7 Å². The lowest BCUT2D eigenvalue weighted by Gasteiger charge is -2.07. The van der Waals surface area contributed by atoms with Crippen LogP contribution >= 0.6 is 23.2 Å². The van der Waals surface area contributed by atoms with Gasteiger partial charge in [0.1, 0.15) is 11.4 Å². The third-order valence-corrected chi connectivity index (χ3v) is 3.02. The second-order valence-corrected chi connectivity index (χ2v) is 4.59. The number of aromatic nitrogens is 2. The summed E-state index contributed by atoms with van der Waals surface area (Å²) in [5, 5.41) is 6.00. The van der Waals surface area contributed by atoms with Crippen LogP contribution < -0.4 is 11.1 Å².